The van der Waals surface area contributed by atoms with Gasteiger partial charge in [-0.3, -0.25) is 24.1 Å². The number of piperazine rings is 1. The maximum atomic E-state index is 12.6. The molecule has 310 valence electrons. The van der Waals surface area contributed by atoms with E-state index in [4.69, 9.17) is 18.9 Å². The zero-order chi connectivity index (χ0) is 39.4. The molecule has 0 radical (unpaired) electrons. The number of aliphatic hydroxyl groups excluding tert-OH is 1. The number of aliphatic hydroxyl groups is 1. The van der Waals surface area contributed by atoms with Gasteiger partial charge in [0.05, 0.1) is 39.3 Å². The molecule has 1 rings (SSSR count). The van der Waals surface area contributed by atoms with Crippen LogP contribution in [0, 0.1) is 5.41 Å². The van der Waals surface area contributed by atoms with Crippen molar-refractivity contribution in [1.29, 1.82) is 0 Å². The van der Waals surface area contributed by atoms with Crippen LogP contribution in [0.4, 0.5) is 0 Å². The topological polar surface area (TPSA) is 147 Å². The summed E-state index contributed by atoms with van der Waals surface area (Å²) in [5.74, 6) is -0.958. The van der Waals surface area contributed by atoms with Crippen LogP contribution in [0.15, 0.2) is 0 Å². The lowest BCUT2D eigenvalue weighted by Crippen LogP contribution is -2.46. The molecule has 13 nitrogen and oxygen atoms in total. The molecule has 1 heterocycles. The van der Waals surface area contributed by atoms with Gasteiger partial charge < -0.3 is 39.2 Å². The molecule has 0 amide bonds. The summed E-state index contributed by atoms with van der Waals surface area (Å²) < 4.78 is 21.5. The monoisotopic (exact) mass is 757 g/mol. The summed E-state index contributed by atoms with van der Waals surface area (Å²) in [6, 6.07) is 0. The Hall–Kier alpha value is -2.32. The Bertz CT molecular complexity index is 997. The molecule has 53 heavy (non-hydrogen) atoms. The molecule has 1 aliphatic rings. The van der Waals surface area contributed by atoms with Gasteiger partial charge in [-0.2, -0.15) is 0 Å². The SMILES string of the molecule is CN1CCN(CCCNCCC(=O)OCCCCOC(=O)CCC(C)(C)N(CCCCCO)CCC(=O)OCCCCOC(=O)CCC(C)(C)C)CC1. The second-order valence-electron chi connectivity index (χ2n) is 16.2. The minimum absolute atomic E-state index is 0.0906. The number of nitrogens with one attached hydrogen (secondary N) is 1. The van der Waals surface area contributed by atoms with Crippen LogP contribution in [0.1, 0.15) is 125 Å². The van der Waals surface area contributed by atoms with Crippen molar-refractivity contribution in [2.45, 2.75) is 130 Å². The molecular weight excluding hydrogens is 680 g/mol. The van der Waals surface area contributed by atoms with Crippen molar-refractivity contribution in [3.63, 3.8) is 0 Å². The van der Waals surface area contributed by atoms with Crippen LogP contribution >= 0.6 is 0 Å². The van der Waals surface area contributed by atoms with Crippen molar-refractivity contribution in [3.05, 3.63) is 0 Å². The fourth-order valence-corrected chi connectivity index (χ4v) is 5.83. The van der Waals surface area contributed by atoms with Crippen LogP contribution in [0.2, 0.25) is 0 Å². The number of hydrogen-bond donors (Lipinski definition) is 2. The third-order valence-electron chi connectivity index (χ3n) is 9.61. The number of hydrogen-bond acceptors (Lipinski definition) is 13. The summed E-state index contributed by atoms with van der Waals surface area (Å²) in [6.45, 7) is 20.1. The van der Waals surface area contributed by atoms with Gasteiger partial charge in [0.15, 0.2) is 0 Å². The minimum Gasteiger partial charge on any atom is -0.466 e. The molecule has 1 fully saturated rings. The molecule has 1 saturated heterocycles. The number of esters is 4. The molecule has 0 aromatic carbocycles. The summed E-state index contributed by atoms with van der Waals surface area (Å²) in [6.07, 6.45) is 8.63. The van der Waals surface area contributed by atoms with Gasteiger partial charge in [-0.1, -0.05) is 20.8 Å². The molecule has 0 saturated carbocycles. The zero-order valence-electron chi connectivity index (χ0n) is 34.4. The van der Waals surface area contributed by atoms with Crippen molar-refractivity contribution in [3.8, 4) is 0 Å². The van der Waals surface area contributed by atoms with E-state index in [1.54, 1.807) is 0 Å². The van der Waals surface area contributed by atoms with Crippen molar-refractivity contribution in [2.75, 3.05) is 99.0 Å². The molecular formula is C40H76N4O9. The van der Waals surface area contributed by atoms with Crippen LogP contribution in [-0.4, -0.2) is 148 Å². The maximum Gasteiger partial charge on any atom is 0.307 e. The highest BCUT2D eigenvalue weighted by atomic mass is 16.5. The van der Waals surface area contributed by atoms with Crippen molar-refractivity contribution < 1.29 is 43.2 Å². The lowest BCUT2D eigenvalue weighted by molar-refractivity contribution is -0.147. The first kappa shape index (κ1) is 48.7. The number of ether oxygens (including phenoxy) is 4. The number of likely N-dealkylation sites (N-methyl/N-ethyl adjacent to an activating group) is 1. The molecule has 0 aromatic rings. The van der Waals surface area contributed by atoms with Crippen LogP contribution in [-0.2, 0) is 38.1 Å². The van der Waals surface area contributed by atoms with E-state index in [2.05, 4.69) is 61.7 Å². The summed E-state index contributed by atoms with van der Waals surface area (Å²) in [5, 5.41) is 12.5. The molecule has 0 unspecified atom stereocenters. The van der Waals surface area contributed by atoms with Gasteiger partial charge in [-0.15, -0.1) is 0 Å². The summed E-state index contributed by atoms with van der Waals surface area (Å²) in [5.41, 5.74) is -0.268. The maximum absolute atomic E-state index is 12.6. The van der Waals surface area contributed by atoms with E-state index >= 15 is 0 Å². The molecule has 0 aliphatic carbocycles. The Morgan fingerprint density at radius 3 is 1.64 bits per heavy atom. The molecule has 0 spiro atoms. The third kappa shape index (κ3) is 27.9. The van der Waals surface area contributed by atoms with Gasteiger partial charge in [0.1, 0.15) is 0 Å². The van der Waals surface area contributed by atoms with E-state index in [1.165, 1.54) is 0 Å². The summed E-state index contributed by atoms with van der Waals surface area (Å²) in [4.78, 5) is 56.0. The van der Waals surface area contributed by atoms with Gasteiger partial charge in [-0.05, 0) is 110 Å². The number of unbranched alkanes of at least 4 members (excludes halogenated alkanes) is 4. The molecule has 0 bridgehead atoms. The molecule has 0 atom stereocenters. The molecule has 13 heteroatoms. The normalized spacial score (nSPS) is 14.3. The fraction of sp³-hybridized carbons (Fsp3) is 0.900. The van der Waals surface area contributed by atoms with Crippen LogP contribution < -0.4 is 5.32 Å². The lowest BCUT2D eigenvalue weighted by Gasteiger charge is -2.38. The minimum atomic E-state index is -0.358. The Balaban J connectivity index is 2.21. The largest absolute Gasteiger partial charge is 0.466 e. The first-order chi connectivity index (χ1) is 25.2. The van der Waals surface area contributed by atoms with Gasteiger partial charge in [-0.25, -0.2) is 0 Å². The van der Waals surface area contributed by atoms with E-state index in [-0.39, 0.29) is 67.5 Å². The van der Waals surface area contributed by atoms with E-state index < -0.39 is 0 Å². The average molecular weight is 757 g/mol. The zero-order valence-corrected chi connectivity index (χ0v) is 34.4. The quantitative estimate of drug-likeness (QED) is 0.0579. The van der Waals surface area contributed by atoms with Gasteiger partial charge in [0.25, 0.3) is 0 Å². The second-order valence-corrected chi connectivity index (χ2v) is 16.2. The predicted octanol–water partition coefficient (Wildman–Crippen LogP) is 4.58. The summed E-state index contributed by atoms with van der Waals surface area (Å²) >= 11 is 0. The highest BCUT2D eigenvalue weighted by Crippen LogP contribution is 2.23. The van der Waals surface area contributed by atoms with Gasteiger partial charge in [0.2, 0.25) is 0 Å². The summed E-state index contributed by atoms with van der Waals surface area (Å²) in [7, 11) is 2.16. The van der Waals surface area contributed by atoms with E-state index in [1.807, 2.05) is 0 Å². The Kier molecular flexibility index (Phi) is 26.7. The number of carbonyl (C=O) groups is 4. The van der Waals surface area contributed by atoms with Gasteiger partial charge in [0, 0.05) is 64.3 Å². The predicted molar refractivity (Wildman–Crippen MR) is 207 cm³/mol. The Labute approximate surface area is 321 Å². The highest BCUT2D eigenvalue weighted by Gasteiger charge is 2.28. The van der Waals surface area contributed by atoms with E-state index in [9.17, 15) is 24.3 Å². The van der Waals surface area contributed by atoms with Crippen LogP contribution in [0.5, 0.6) is 0 Å². The molecule has 0 aromatic heterocycles. The van der Waals surface area contributed by atoms with Crippen LogP contribution in [0.3, 0.4) is 0 Å². The van der Waals surface area contributed by atoms with E-state index in [0.29, 0.717) is 71.2 Å². The number of rotatable bonds is 31. The first-order valence-corrected chi connectivity index (χ1v) is 20.3. The van der Waals surface area contributed by atoms with Crippen LogP contribution in [0.25, 0.3) is 0 Å². The first-order valence-electron chi connectivity index (χ1n) is 20.3. The Morgan fingerprint density at radius 2 is 1.11 bits per heavy atom. The molecule has 2 N–H and O–H groups in total. The highest BCUT2D eigenvalue weighted by molar-refractivity contribution is 5.70. The fourth-order valence-electron chi connectivity index (χ4n) is 5.83. The standard InChI is InChI=1S/C40H76N4O9/c1-39(2,3)19-15-35(46)50-31-11-13-34-53-38(49)18-25-44(24-8-7-9-30-45)40(4,5)20-16-36(47)51-32-10-12-33-52-37(48)17-22-41-21-14-23-43-28-26-42(6)27-29-43/h41,45H,7-34H2,1-6H3. The number of carbonyl (C=O) groups excluding carboxylic acids is 4. The third-order valence-corrected chi connectivity index (χ3v) is 9.61. The van der Waals surface area contributed by atoms with Crippen molar-refractivity contribution in [2.24, 2.45) is 5.41 Å². The Morgan fingerprint density at radius 1 is 0.604 bits per heavy atom. The van der Waals surface area contributed by atoms with E-state index in [0.717, 1.165) is 77.9 Å². The number of nitrogens with zero attached hydrogens (tertiary/aromatic N) is 3. The smallest absolute Gasteiger partial charge is 0.307 e. The molecule has 1 aliphatic heterocycles. The van der Waals surface area contributed by atoms with Crippen molar-refractivity contribution >= 4 is 23.9 Å². The van der Waals surface area contributed by atoms with Crippen molar-refractivity contribution in [1.82, 2.24) is 20.0 Å². The van der Waals surface area contributed by atoms with Gasteiger partial charge >= 0.3 is 23.9 Å². The average Bonchev–Trinajstić information content (AvgIpc) is 3.10. The second kappa shape index (κ2) is 29.0. The lowest BCUT2D eigenvalue weighted by atomic mass is 9.91.